The third-order valence-corrected chi connectivity index (χ3v) is 6.34. The highest BCUT2D eigenvalue weighted by Gasteiger charge is 2.28. The van der Waals surface area contributed by atoms with Crippen LogP contribution in [0.2, 0.25) is 0 Å². The molecule has 0 bridgehead atoms. The van der Waals surface area contributed by atoms with E-state index in [1.807, 2.05) is 34.9 Å². The molecule has 1 unspecified atom stereocenters. The molecule has 0 spiro atoms. The van der Waals surface area contributed by atoms with E-state index in [-0.39, 0.29) is 18.2 Å². The fraction of sp³-hybridized carbons (Fsp3) is 0.476. The van der Waals surface area contributed by atoms with E-state index in [1.165, 1.54) is 11.3 Å². The van der Waals surface area contributed by atoms with Gasteiger partial charge in [0.25, 0.3) is 5.56 Å². The molecule has 154 valence electrons. The first kappa shape index (κ1) is 20.2. The van der Waals surface area contributed by atoms with Gasteiger partial charge in [0.1, 0.15) is 5.82 Å². The predicted octanol–water partition coefficient (Wildman–Crippen LogP) is 1.96. The average Bonchev–Trinajstić information content (AvgIpc) is 3.22. The third-order valence-electron chi connectivity index (χ3n) is 5.62. The molecule has 3 heterocycles. The van der Waals surface area contributed by atoms with E-state index in [1.54, 1.807) is 5.51 Å². The van der Waals surface area contributed by atoms with Crippen LogP contribution in [0.3, 0.4) is 0 Å². The van der Waals surface area contributed by atoms with Crippen LogP contribution in [-0.2, 0) is 6.54 Å². The largest absolute Gasteiger partial charge is 0.395 e. The molecule has 8 heteroatoms. The zero-order chi connectivity index (χ0) is 20.2. The zero-order valence-corrected chi connectivity index (χ0v) is 17.5. The van der Waals surface area contributed by atoms with Crippen molar-refractivity contribution in [2.24, 2.45) is 0 Å². The van der Waals surface area contributed by atoms with Crippen LogP contribution in [0.4, 0.5) is 0 Å². The quantitative estimate of drug-likeness (QED) is 0.638. The maximum Gasteiger partial charge on any atom is 0.281 e. The highest BCUT2D eigenvalue weighted by Crippen LogP contribution is 2.26. The number of hydrogen-bond acceptors (Lipinski definition) is 7. The monoisotopic (exact) mass is 413 g/mol. The number of aromatic nitrogens is 3. The Morgan fingerprint density at radius 2 is 1.93 bits per heavy atom. The first-order chi connectivity index (χ1) is 14.2. The Morgan fingerprint density at radius 3 is 2.62 bits per heavy atom. The Bertz CT molecular complexity index is 995. The van der Waals surface area contributed by atoms with Gasteiger partial charge in [-0.05, 0) is 12.0 Å². The fourth-order valence-corrected chi connectivity index (χ4v) is 4.74. The smallest absolute Gasteiger partial charge is 0.281 e. The molecule has 3 aromatic rings. The number of β-amino-alcohol motifs (C(OH)–C–C–N with tert-alkyl or cyclic N) is 1. The Morgan fingerprint density at radius 1 is 1.17 bits per heavy atom. The normalized spacial score (nSPS) is 17.0. The summed E-state index contributed by atoms with van der Waals surface area (Å²) in [7, 11) is 0. The molecule has 29 heavy (non-hydrogen) atoms. The molecular weight excluding hydrogens is 386 g/mol. The number of piperazine rings is 1. The third kappa shape index (κ3) is 4.25. The number of nitrogens with zero attached hydrogens (tertiary/aromatic N) is 5. The van der Waals surface area contributed by atoms with Crippen molar-refractivity contribution >= 4 is 21.7 Å². The minimum absolute atomic E-state index is 0.0625. The lowest BCUT2D eigenvalue weighted by Gasteiger charge is -2.39. The Balaban J connectivity index is 1.71. The summed E-state index contributed by atoms with van der Waals surface area (Å²) in [6.07, 6.45) is 0.880. The molecule has 0 saturated carbocycles. The highest BCUT2D eigenvalue weighted by atomic mass is 32.1. The van der Waals surface area contributed by atoms with Gasteiger partial charge >= 0.3 is 0 Å². The van der Waals surface area contributed by atoms with Crippen molar-refractivity contribution in [2.75, 3.05) is 39.3 Å². The van der Waals surface area contributed by atoms with Gasteiger partial charge in [-0.15, -0.1) is 11.3 Å². The van der Waals surface area contributed by atoms with Gasteiger partial charge in [-0.3, -0.25) is 19.2 Å². The first-order valence-electron chi connectivity index (χ1n) is 10.2. The van der Waals surface area contributed by atoms with E-state index in [0.29, 0.717) is 23.4 Å². The summed E-state index contributed by atoms with van der Waals surface area (Å²) in [6, 6.07) is 10.1. The molecular formula is C21H27N5O2S. The number of aliphatic hydroxyl groups is 1. The zero-order valence-electron chi connectivity index (χ0n) is 16.7. The second kappa shape index (κ2) is 9.13. The molecule has 1 fully saturated rings. The summed E-state index contributed by atoms with van der Waals surface area (Å²) in [5, 5.41) is 9.20. The number of hydrogen-bond donors (Lipinski definition) is 1. The number of fused-ring (bicyclic) bond motifs is 1. The van der Waals surface area contributed by atoms with E-state index in [9.17, 15) is 9.90 Å². The van der Waals surface area contributed by atoms with E-state index in [2.05, 4.69) is 21.7 Å². The van der Waals surface area contributed by atoms with Gasteiger partial charge in [0, 0.05) is 32.7 Å². The van der Waals surface area contributed by atoms with Crippen LogP contribution in [0.1, 0.15) is 30.8 Å². The van der Waals surface area contributed by atoms with Gasteiger partial charge in [-0.25, -0.2) is 9.97 Å². The molecule has 7 nitrogen and oxygen atoms in total. The Labute approximate surface area is 174 Å². The van der Waals surface area contributed by atoms with Gasteiger partial charge in [-0.1, -0.05) is 37.3 Å². The lowest BCUT2D eigenvalue weighted by atomic mass is 10.1. The van der Waals surface area contributed by atoms with Gasteiger partial charge in [0.05, 0.1) is 24.7 Å². The van der Waals surface area contributed by atoms with E-state index >= 15 is 0 Å². The SMILES string of the molecule is CCC(c1nc2scnc2c(=O)n1Cc1ccccc1)N1CCN(CCO)CC1. The standard InChI is InChI=1S/C21H27N5O2S/c1-2-17(25-10-8-24(9-11-25)12-13-27)19-23-20-18(22-15-29-20)21(28)26(19)14-16-6-4-3-5-7-16/h3-7,15,17,27H,2,8-14H2,1H3. The van der Waals surface area contributed by atoms with Crippen LogP contribution in [0, 0.1) is 0 Å². The maximum atomic E-state index is 13.3. The number of aliphatic hydroxyl groups excluding tert-OH is 1. The number of rotatable bonds is 7. The van der Waals surface area contributed by atoms with Crippen LogP contribution in [0.25, 0.3) is 10.3 Å². The second-order valence-electron chi connectivity index (χ2n) is 7.38. The lowest BCUT2D eigenvalue weighted by molar-refractivity contribution is 0.0774. The Hall–Kier alpha value is -2.13. The van der Waals surface area contributed by atoms with Crippen molar-refractivity contribution in [3.8, 4) is 0 Å². The highest BCUT2D eigenvalue weighted by molar-refractivity contribution is 7.16. The first-order valence-corrected chi connectivity index (χ1v) is 11.0. The summed E-state index contributed by atoms with van der Waals surface area (Å²) in [5.41, 5.74) is 3.17. The average molecular weight is 414 g/mol. The van der Waals surface area contributed by atoms with Crippen LogP contribution in [0.15, 0.2) is 40.6 Å². The van der Waals surface area contributed by atoms with Gasteiger partial charge in [-0.2, -0.15) is 0 Å². The fourth-order valence-electron chi connectivity index (χ4n) is 4.08. The number of benzene rings is 1. The van der Waals surface area contributed by atoms with Crippen LogP contribution < -0.4 is 5.56 Å². The van der Waals surface area contributed by atoms with Crippen LogP contribution in [0.5, 0.6) is 0 Å². The summed E-state index contributed by atoms with van der Waals surface area (Å²) < 4.78 is 1.81. The molecule has 1 N–H and O–H groups in total. The van der Waals surface area contributed by atoms with Gasteiger partial charge in [0.2, 0.25) is 0 Å². The lowest BCUT2D eigenvalue weighted by Crippen LogP contribution is -2.49. The Kier molecular flexibility index (Phi) is 6.34. The van der Waals surface area contributed by atoms with E-state index in [4.69, 9.17) is 4.98 Å². The van der Waals surface area contributed by atoms with E-state index in [0.717, 1.165) is 44.0 Å². The van der Waals surface area contributed by atoms with Crippen molar-refractivity contribution in [1.82, 2.24) is 24.3 Å². The topological polar surface area (TPSA) is 74.5 Å². The minimum atomic E-state index is -0.0625. The summed E-state index contributed by atoms with van der Waals surface area (Å²) in [4.78, 5) is 27.9. The van der Waals surface area contributed by atoms with Crippen molar-refractivity contribution in [1.29, 1.82) is 0 Å². The molecule has 0 radical (unpaired) electrons. The molecule has 1 aliphatic rings. The van der Waals surface area contributed by atoms with Crippen molar-refractivity contribution in [2.45, 2.75) is 25.9 Å². The summed E-state index contributed by atoms with van der Waals surface area (Å²) in [5.74, 6) is 0.828. The van der Waals surface area contributed by atoms with Crippen molar-refractivity contribution < 1.29 is 5.11 Å². The maximum absolute atomic E-state index is 13.3. The molecule has 1 saturated heterocycles. The molecule has 1 aromatic carbocycles. The second-order valence-corrected chi connectivity index (χ2v) is 8.21. The predicted molar refractivity (Wildman–Crippen MR) is 115 cm³/mol. The van der Waals surface area contributed by atoms with Gasteiger partial charge < -0.3 is 5.11 Å². The minimum Gasteiger partial charge on any atom is -0.395 e. The molecule has 1 atom stereocenters. The molecule has 0 aliphatic carbocycles. The van der Waals surface area contributed by atoms with E-state index < -0.39 is 0 Å². The molecule has 1 aliphatic heterocycles. The van der Waals surface area contributed by atoms with Crippen LogP contribution >= 0.6 is 11.3 Å². The summed E-state index contributed by atoms with van der Waals surface area (Å²) >= 11 is 1.42. The molecule has 2 aromatic heterocycles. The molecule has 0 amide bonds. The van der Waals surface area contributed by atoms with Gasteiger partial charge in [0.15, 0.2) is 10.3 Å². The summed E-state index contributed by atoms with van der Waals surface area (Å²) in [6.45, 7) is 7.20. The molecule has 4 rings (SSSR count). The van der Waals surface area contributed by atoms with Crippen molar-refractivity contribution in [3.05, 3.63) is 57.6 Å². The van der Waals surface area contributed by atoms with Crippen LogP contribution in [-0.4, -0.2) is 68.8 Å². The van der Waals surface area contributed by atoms with Crippen molar-refractivity contribution in [3.63, 3.8) is 0 Å². The number of thiazole rings is 1.